The van der Waals surface area contributed by atoms with Gasteiger partial charge >= 0.3 is 6.09 Å². The van der Waals surface area contributed by atoms with Crippen molar-refractivity contribution in [3.8, 4) is 11.1 Å². The second-order valence-electron chi connectivity index (χ2n) is 5.28. The van der Waals surface area contributed by atoms with Gasteiger partial charge in [0.25, 0.3) is 5.91 Å². The predicted molar refractivity (Wildman–Crippen MR) is 91.4 cm³/mol. The molecule has 0 saturated carbocycles. The average Bonchev–Trinajstić information content (AvgIpc) is 2.56. The van der Waals surface area contributed by atoms with E-state index in [0.29, 0.717) is 6.61 Å². The number of imide groups is 1. The molecule has 0 atom stereocenters. The Bertz CT molecular complexity index is 698. The maximum atomic E-state index is 11.5. The van der Waals surface area contributed by atoms with Crippen molar-refractivity contribution in [2.75, 3.05) is 13.2 Å². The van der Waals surface area contributed by atoms with Crippen LogP contribution in [0.3, 0.4) is 0 Å². The van der Waals surface area contributed by atoms with E-state index >= 15 is 0 Å². The van der Waals surface area contributed by atoms with Gasteiger partial charge in [-0.25, -0.2) is 4.79 Å². The average molecular weight is 327 g/mol. The van der Waals surface area contributed by atoms with Crippen LogP contribution < -0.4 is 5.32 Å². The number of hydrogen-bond acceptors (Lipinski definition) is 4. The topological polar surface area (TPSA) is 64.6 Å². The number of rotatable bonds is 6. The second kappa shape index (κ2) is 8.84. The number of nitrogens with one attached hydrogen (secondary N) is 1. The molecule has 2 amide bonds. The first-order chi connectivity index (χ1) is 11.6. The first kappa shape index (κ1) is 17.7. The number of hydrogen-bond donors (Lipinski definition) is 1. The molecule has 0 saturated heterocycles. The minimum atomic E-state index is -0.755. The van der Waals surface area contributed by atoms with E-state index in [1.54, 1.807) is 6.92 Å². The van der Waals surface area contributed by atoms with Crippen LogP contribution in [0.15, 0.2) is 48.5 Å². The van der Waals surface area contributed by atoms with Crippen molar-refractivity contribution in [2.24, 2.45) is 0 Å². The Morgan fingerprint density at radius 2 is 1.83 bits per heavy atom. The number of aryl methyl sites for hydroxylation is 1. The fourth-order valence-corrected chi connectivity index (χ4v) is 2.34. The van der Waals surface area contributed by atoms with Gasteiger partial charge in [-0.15, -0.1) is 0 Å². The Morgan fingerprint density at radius 1 is 1.08 bits per heavy atom. The standard InChI is InChI=1S/C19H21NO4/c1-3-24-19(22)20-18(21)13-23-12-15-9-10-17(14(2)11-15)16-7-5-4-6-8-16/h4-11H,3,12-13H2,1-2H3,(H,20,21,22). The second-order valence-corrected chi connectivity index (χ2v) is 5.28. The molecule has 1 N–H and O–H groups in total. The van der Waals surface area contributed by atoms with Crippen LogP contribution in [-0.4, -0.2) is 25.2 Å². The Kier molecular flexibility index (Phi) is 6.51. The number of carbonyl (C=O) groups excluding carboxylic acids is 2. The van der Waals surface area contributed by atoms with Crippen molar-refractivity contribution < 1.29 is 19.1 Å². The zero-order valence-corrected chi connectivity index (χ0v) is 13.9. The lowest BCUT2D eigenvalue weighted by molar-refractivity contribution is -0.125. The highest BCUT2D eigenvalue weighted by atomic mass is 16.5. The molecule has 0 heterocycles. The maximum Gasteiger partial charge on any atom is 0.413 e. The number of amides is 2. The summed E-state index contributed by atoms with van der Waals surface area (Å²) < 4.78 is 9.96. The molecule has 0 aliphatic rings. The van der Waals surface area contributed by atoms with Gasteiger partial charge in [-0.3, -0.25) is 10.1 Å². The maximum absolute atomic E-state index is 11.5. The van der Waals surface area contributed by atoms with Crippen molar-refractivity contribution in [3.63, 3.8) is 0 Å². The van der Waals surface area contributed by atoms with E-state index in [1.165, 1.54) is 5.56 Å². The molecule has 2 aromatic rings. The molecule has 24 heavy (non-hydrogen) atoms. The van der Waals surface area contributed by atoms with Gasteiger partial charge < -0.3 is 9.47 Å². The smallest absolute Gasteiger partial charge is 0.413 e. The van der Waals surface area contributed by atoms with Gasteiger partial charge in [0.05, 0.1) is 13.2 Å². The van der Waals surface area contributed by atoms with Crippen LogP contribution in [-0.2, 0) is 20.9 Å². The largest absolute Gasteiger partial charge is 0.450 e. The summed E-state index contributed by atoms with van der Waals surface area (Å²) in [7, 11) is 0. The van der Waals surface area contributed by atoms with E-state index in [2.05, 4.69) is 22.2 Å². The highest BCUT2D eigenvalue weighted by Gasteiger charge is 2.08. The molecular weight excluding hydrogens is 306 g/mol. The summed E-state index contributed by atoms with van der Waals surface area (Å²) in [5.74, 6) is -0.522. The normalized spacial score (nSPS) is 10.2. The molecule has 0 aromatic heterocycles. The van der Waals surface area contributed by atoms with Crippen molar-refractivity contribution in [2.45, 2.75) is 20.5 Å². The number of alkyl carbamates (subject to hydrolysis) is 1. The van der Waals surface area contributed by atoms with Gasteiger partial charge in [-0.1, -0.05) is 48.5 Å². The lowest BCUT2D eigenvalue weighted by atomic mass is 9.99. The van der Waals surface area contributed by atoms with Gasteiger partial charge in [0.2, 0.25) is 0 Å². The predicted octanol–water partition coefficient (Wildman–Crippen LogP) is 3.45. The summed E-state index contributed by atoms with van der Waals surface area (Å²) in [6, 6.07) is 16.2. The molecule has 5 heteroatoms. The molecule has 0 radical (unpaired) electrons. The quantitative estimate of drug-likeness (QED) is 0.882. The minimum Gasteiger partial charge on any atom is -0.450 e. The van der Waals surface area contributed by atoms with E-state index in [9.17, 15) is 9.59 Å². The fraction of sp³-hybridized carbons (Fsp3) is 0.263. The first-order valence-corrected chi connectivity index (χ1v) is 7.79. The zero-order valence-electron chi connectivity index (χ0n) is 13.9. The molecule has 5 nitrogen and oxygen atoms in total. The van der Waals surface area contributed by atoms with Crippen molar-refractivity contribution in [1.29, 1.82) is 0 Å². The van der Waals surface area contributed by atoms with Crippen LogP contribution in [0.4, 0.5) is 4.79 Å². The molecule has 2 aromatic carbocycles. The third-order valence-corrected chi connectivity index (χ3v) is 3.39. The van der Waals surface area contributed by atoms with E-state index in [-0.39, 0.29) is 13.2 Å². The molecule has 0 aliphatic heterocycles. The Hall–Kier alpha value is -2.66. The van der Waals surface area contributed by atoms with Crippen molar-refractivity contribution in [1.82, 2.24) is 5.32 Å². The van der Waals surface area contributed by atoms with Gasteiger partial charge in [0.1, 0.15) is 6.61 Å². The molecule has 0 spiro atoms. The van der Waals surface area contributed by atoms with E-state index in [1.807, 2.05) is 43.3 Å². The summed E-state index contributed by atoms with van der Waals surface area (Å²) in [6.45, 7) is 4.03. The number of ether oxygens (including phenoxy) is 2. The number of carbonyl (C=O) groups is 2. The van der Waals surface area contributed by atoms with Gasteiger partial charge in [-0.2, -0.15) is 0 Å². The summed E-state index contributed by atoms with van der Waals surface area (Å²) in [5.41, 5.74) is 4.44. The lowest BCUT2D eigenvalue weighted by Gasteiger charge is -2.09. The van der Waals surface area contributed by atoms with Crippen LogP contribution >= 0.6 is 0 Å². The third kappa shape index (κ3) is 5.21. The third-order valence-electron chi connectivity index (χ3n) is 3.39. The Balaban J connectivity index is 1.87. The summed E-state index contributed by atoms with van der Waals surface area (Å²) in [4.78, 5) is 22.6. The van der Waals surface area contributed by atoms with Crippen LogP contribution in [0.5, 0.6) is 0 Å². The molecular formula is C19H21NO4. The number of benzene rings is 2. The van der Waals surface area contributed by atoms with Crippen molar-refractivity contribution in [3.05, 3.63) is 59.7 Å². The highest BCUT2D eigenvalue weighted by molar-refractivity contribution is 5.92. The summed E-state index contributed by atoms with van der Waals surface area (Å²) in [5, 5.41) is 2.08. The van der Waals surface area contributed by atoms with Crippen LogP contribution in [0.2, 0.25) is 0 Å². The molecule has 0 aliphatic carbocycles. The summed E-state index contributed by atoms with van der Waals surface area (Å²) in [6.07, 6.45) is -0.755. The first-order valence-electron chi connectivity index (χ1n) is 7.79. The molecule has 2 rings (SSSR count). The highest BCUT2D eigenvalue weighted by Crippen LogP contribution is 2.24. The monoisotopic (exact) mass is 327 g/mol. The Labute approximate surface area is 141 Å². The molecule has 0 bridgehead atoms. The lowest BCUT2D eigenvalue weighted by Crippen LogP contribution is -2.33. The zero-order chi connectivity index (χ0) is 17.4. The van der Waals surface area contributed by atoms with E-state index in [4.69, 9.17) is 4.74 Å². The van der Waals surface area contributed by atoms with Crippen LogP contribution in [0.25, 0.3) is 11.1 Å². The van der Waals surface area contributed by atoms with Crippen molar-refractivity contribution >= 4 is 12.0 Å². The van der Waals surface area contributed by atoms with Gasteiger partial charge in [0.15, 0.2) is 0 Å². The van der Waals surface area contributed by atoms with E-state index in [0.717, 1.165) is 16.7 Å². The Morgan fingerprint density at radius 3 is 2.50 bits per heavy atom. The van der Waals surface area contributed by atoms with E-state index < -0.39 is 12.0 Å². The van der Waals surface area contributed by atoms with Crippen LogP contribution in [0, 0.1) is 6.92 Å². The van der Waals surface area contributed by atoms with Crippen LogP contribution in [0.1, 0.15) is 18.1 Å². The summed E-state index contributed by atoms with van der Waals surface area (Å²) >= 11 is 0. The molecule has 126 valence electrons. The minimum absolute atomic E-state index is 0.196. The fourth-order valence-electron chi connectivity index (χ4n) is 2.34. The SMILES string of the molecule is CCOC(=O)NC(=O)COCc1ccc(-c2ccccc2)c(C)c1. The van der Waals surface area contributed by atoms with Gasteiger partial charge in [0, 0.05) is 0 Å². The molecule has 0 fully saturated rings. The molecule has 0 unspecified atom stereocenters. The van der Waals surface area contributed by atoms with Gasteiger partial charge in [-0.05, 0) is 36.1 Å².